The standard InChI is InChI=1S/C4H5FN2S/c1-6-3-2-7-4(5)8-3/h2,6H,1H3. The number of hydrogen-bond acceptors (Lipinski definition) is 3. The lowest BCUT2D eigenvalue weighted by molar-refractivity contribution is 0.617. The third-order valence-electron chi connectivity index (χ3n) is 0.724. The summed E-state index contributed by atoms with van der Waals surface area (Å²) >= 11 is 0.999. The zero-order valence-electron chi connectivity index (χ0n) is 4.31. The van der Waals surface area contributed by atoms with Crippen molar-refractivity contribution in [3.8, 4) is 0 Å². The molecule has 0 amide bonds. The third-order valence-corrected chi connectivity index (χ3v) is 1.53. The predicted octanol–water partition coefficient (Wildman–Crippen LogP) is 1.32. The molecule has 0 atom stereocenters. The average molecular weight is 132 g/mol. The van der Waals surface area contributed by atoms with E-state index in [1.165, 1.54) is 6.20 Å². The van der Waals surface area contributed by atoms with Crippen LogP contribution in [-0.4, -0.2) is 12.0 Å². The summed E-state index contributed by atoms with van der Waals surface area (Å²) in [6.45, 7) is 0. The van der Waals surface area contributed by atoms with Gasteiger partial charge in [0.25, 0.3) is 5.26 Å². The lowest BCUT2D eigenvalue weighted by Gasteiger charge is -1.84. The van der Waals surface area contributed by atoms with Crippen molar-refractivity contribution in [2.45, 2.75) is 0 Å². The van der Waals surface area contributed by atoms with Crippen molar-refractivity contribution in [3.05, 3.63) is 11.5 Å². The van der Waals surface area contributed by atoms with Gasteiger partial charge in [0.1, 0.15) is 5.00 Å². The Bertz CT molecular complexity index is 174. The summed E-state index contributed by atoms with van der Waals surface area (Å²) < 4.78 is 12.0. The highest BCUT2D eigenvalue weighted by Crippen LogP contribution is 2.14. The second-order valence-electron chi connectivity index (χ2n) is 1.23. The number of halogens is 1. The molecule has 0 aromatic carbocycles. The smallest absolute Gasteiger partial charge is 0.270 e. The number of nitrogens with zero attached hydrogens (tertiary/aromatic N) is 1. The molecule has 0 spiro atoms. The Morgan fingerprint density at radius 1 is 1.88 bits per heavy atom. The van der Waals surface area contributed by atoms with Crippen molar-refractivity contribution >= 4 is 16.3 Å². The van der Waals surface area contributed by atoms with Crippen LogP contribution in [0, 0.1) is 5.26 Å². The van der Waals surface area contributed by atoms with E-state index in [9.17, 15) is 4.39 Å². The second kappa shape index (κ2) is 2.09. The highest BCUT2D eigenvalue weighted by atomic mass is 32.1. The first kappa shape index (κ1) is 5.50. The van der Waals surface area contributed by atoms with E-state index in [-0.39, 0.29) is 0 Å². The molecule has 1 rings (SSSR count). The Hall–Kier alpha value is -0.640. The van der Waals surface area contributed by atoms with E-state index < -0.39 is 5.26 Å². The van der Waals surface area contributed by atoms with Crippen molar-refractivity contribution in [2.75, 3.05) is 12.4 Å². The highest BCUT2D eigenvalue weighted by Gasteiger charge is 1.94. The van der Waals surface area contributed by atoms with Gasteiger partial charge in [-0.15, -0.1) is 0 Å². The molecule has 2 nitrogen and oxygen atoms in total. The first-order valence-corrected chi connectivity index (χ1v) is 2.93. The number of nitrogens with one attached hydrogen (secondary N) is 1. The number of thiazole rings is 1. The topological polar surface area (TPSA) is 24.9 Å². The van der Waals surface area contributed by atoms with Crippen LogP contribution in [-0.2, 0) is 0 Å². The van der Waals surface area contributed by atoms with E-state index in [2.05, 4.69) is 10.3 Å². The fourth-order valence-electron chi connectivity index (χ4n) is 0.368. The SMILES string of the molecule is CNc1cnc(F)s1. The van der Waals surface area contributed by atoms with Gasteiger partial charge in [-0.05, 0) is 0 Å². The molecule has 1 aromatic rings. The summed E-state index contributed by atoms with van der Waals surface area (Å²) in [5, 5.41) is 3.12. The molecule has 0 aliphatic rings. The van der Waals surface area contributed by atoms with Crippen molar-refractivity contribution in [2.24, 2.45) is 0 Å². The van der Waals surface area contributed by atoms with Crippen LogP contribution >= 0.6 is 11.3 Å². The summed E-state index contributed by atoms with van der Waals surface area (Å²) in [4.78, 5) is 3.38. The van der Waals surface area contributed by atoms with Gasteiger partial charge in [-0.25, -0.2) is 4.98 Å². The maximum atomic E-state index is 12.0. The maximum Gasteiger partial charge on any atom is 0.270 e. The monoisotopic (exact) mass is 132 g/mol. The van der Waals surface area contributed by atoms with E-state index in [1.807, 2.05) is 0 Å². The molecule has 8 heavy (non-hydrogen) atoms. The molecule has 4 heteroatoms. The molecular weight excluding hydrogens is 127 g/mol. The van der Waals surface area contributed by atoms with Gasteiger partial charge in [-0.1, -0.05) is 11.3 Å². The minimum atomic E-state index is -0.394. The minimum absolute atomic E-state index is 0.394. The quantitative estimate of drug-likeness (QED) is 0.623. The van der Waals surface area contributed by atoms with Crippen molar-refractivity contribution in [3.63, 3.8) is 0 Å². The van der Waals surface area contributed by atoms with Crippen molar-refractivity contribution < 1.29 is 4.39 Å². The zero-order chi connectivity index (χ0) is 5.98. The molecule has 0 bridgehead atoms. The summed E-state index contributed by atoms with van der Waals surface area (Å²) in [7, 11) is 1.73. The molecule has 0 saturated carbocycles. The van der Waals surface area contributed by atoms with Crippen LogP contribution in [0.15, 0.2) is 6.20 Å². The van der Waals surface area contributed by atoms with Crippen molar-refractivity contribution in [1.29, 1.82) is 0 Å². The van der Waals surface area contributed by atoms with Gasteiger partial charge in [-0.2, -0.15) is 4.39 Å². The largest absolute Gasteiger partial charge is 0.379 e. The van der Waals surface area contributed by atoms with Crippen LogP contribution in [0.5, 0.6) is 0 Å². The van der Waals surface area contributed by atoms with E-state index in [4.69, 9.17) is 0 Å². The van der Waals surface area contributed by atoms with E-state index in [0.29, 0.717) is 0 Å². The number of rotatable bonds is 1. The van der Waals surface area contributed by atoms with Gasteiger partial charge < -0.3 is 5.32 Å². The Labute approximate surface area is 50.4 Å². The number of hydrogen-bond donors (Lipinski definition) is 1. The molecule has 44 valence electrons. The molecule has 0 radical (unpaired) electrons. The summed E-state index contributed by atoms with van der Waals surface area (Å²) in [5.41, 5.74) is 0. The van der Waals surface area contributed by atoms with Crippen LogP contribution < -0.4 is 5.32 Å². The maximum absolute atomic E-state index is 12.0. The Morgan fingerprint density at radius 3 is 2.88 bits per heavy atom. The van der Waals surface area contributed by atoms with Gasteiger partial charge in [0.2, 0.25) is 0 Å². The van der Waals surface area contributed by atoms with E-state index in [1.54, 1.807) is 7.05 Å². The second-order valence-corrected chi connectivity index (χ2v) is 2.21. The van der Waals surface area contributed by atoms with Crippen LogP contribution in [0.1, 0.15) is 0 Å². The van der Waals surface area contributed by atoms with E-state index in [0.717, 1.165) is 16.3 Å². The molecule has 1 N–H and O–H groups in total. The lowest BCUT2D eigenvalue weighted by Crippen LogP contribution is -1.80. The molecular formula is C4H5FN2S. The first-order valence-electron chi connectivity index (χ1n) is 2.12. The third kappa shape index (κ3) is 0.949. The van der Waals surface area contributed by atoms with Crippen LogP contribution in [0.4, 0.5) is 9.39 Å². The molecule has 0 unspecified atom stereocenters. The van der Waals surface area contributed by atoms with Gasteiger partial charge in [0.15, 0.2) is 0 Å². The van der Waals surface area contributed by atoms with Crippen LogP contribution in [0.25, 0.3) is 0 Å². The molecule has 1 aromatic heterocycles. The predicted molar refractivity (Wildman–Crippen MR) is 31.6 cm³/mol. The normalized spacial score (nSPS) is 9.25. The van der Waals surface area contributed by atoms with Crippen LogP contribution in [0.3, 0.4) is 0 Å². The molecule has 0 saturated heterocycles. The number of aromatic nitrogens is 1. The first-order chi connectivity index (χ1) is 3.83. The van der Waals surface area contributed by atoms with Gasteiger partial charge in [-0.3, -0.25) is 0 Å². The molecule has 1 heterocycles. The summed E-state index contributed by atoms with van der Waals surface area (Å²) in [6.07, 6.45) is 1.46. The van der Waals surface area contributed by atoms with Crippen molar-refractivity contribution in [1.82, 2.24) is 4.98 Å². The van der Waals surface area contributed by atoms with Gasteiger partial charge in [0, 0.05) is 7.05 Å². The van der Waals surface area contributed by atoms with Gasteiger partial charge >= 0.3 is 0 Å². The molecule has 0 aliphatic carbocycles. The Balaban J connectivity index is 2.84. The zero-order valence-corrected chi connectivity index (χ0v) is 5.13. The van der Waals surface area contributed by atoms with Gasteiger partial charge in [0.05, 0.1) is 6.20 Å². The summed E-state index contributed by atoms with van der Waals surface area (Å²) in [5.74, 6) is 0. The van der Waals surface area contributed by atoms with E-state index >= 15 is 0 Å². The van der Waals surface area contributed by atoms with Crippen LogP contribution in [0.2, 0.25) is 0 Å². The lowest BCUT2D eigenvalue weighted by atomic mass is 10.8. The fraction of sp³-hybridized carbons (Fsp3) is 0.250. The Kier molecular flexibility index (Phi) is 1.43. The number of anilines is 1. The molecule has 0 aliphatic heterocycles. The fourth-order valence-corrected chi connectivity index (χ4v) is 0.863. The molecule has 0 fully saturated rings. The summed E-state index contributed by atoms with van der Waals surface area (Å²) in [6, 6.07) is 0. The average Bonchev–Trinajstić information content (AvgIpc) is 2.14. The highest BCUT2D eigenvalue weighted by molar-refractivity contribution is 7.14. The minimum Gasteiger partial charge on any atom is -0.379 e. The Morgan fingerprint density at radius 2 is 2.62 bits per heavy atom.